The summed E-state index contributed by atoms with van der Waals surface area (Å²) in [5, 5.41) is 14.7. The van der Waals surface area contributed by atoms with E-state index in [9.17, 15) is 4.79 Å². The summed E-state index contributed by atoms with van der Waals surface area (Å²) in [4.78, 5) is 16.2. The predicted molar refractivity (Wildman–Crippen MR) is 76.1 cm³/mol. The van der Waals surface area contributed by atoms with Gasteiger partial charge in [0.05, 0.1) is 0 Å². The van der Waals surface area contributed by atoms with Gasteiger partial charge in [-0.05, 0) is 40.9 Å². The largest absolute Gasteiger partial charge is 0.409 e. The molecule has 0 aromatic carbocycles. The van der Waals surface area contributed by atoms with E-state index in [1.54, 1.807) is 12.1 Å². The van der Waals surface area contributed by atoms with Gasteiger partial charge in [0.25, 0.3) is 5.91 Å². The number of hydrogen-bond donors (Lipinski definition) is 3. The molecule has 0 saturated carbocycles. The van der Waals surface area contributed by atoms with Crippen molar-refractivity contribution in [3.05, 3.63) is 28.5 Å². The smallest absolute Gasteiger partial charge is 0.271 e. The zero-order valence-corrected chi connectivity index (χ0v) is 12.4. The Labute approximate surface area is 120 Å². The van der Waals surface area contributed by atoms with Crippen LogP contribution in [0.15, 0.2) is 28.0 Å². The molecule has 7 heteroatoms. The molecule has 0 spiro atoms. The van der Waals surface area contributed by atoms with Crippen LogP contribution in [0.3, 0.4) is 0 Å². The third kappa shape index (κ3) is 3.23. The predicted octanol–water partition coefficient (Wildman–Crippen LogP) is 1.88. The molecule has 0 fully saturated rings. The average molecular weight is 329 g/mol. The maximum Gasteiger partial charge on any atom is 0.271 e. The maximum absolute atomic E-state index is 12.2. The Kier molecular flexibility index (Phi) is 5.29. The van der Waals surface area contributed by atoms with Crippen LogP contribution in [0.5, 0.6) is 0 Å². The van der Waals surface area contributed by atoms with Gasteiger partial charge in [0.15, 0.2) is 5.84 Å². The average Bonchev–Trinajstić information content (AvgIpc) is 2.44. The Morgan fingerprint density at radius 2 is 2.21 bits per heavy atom. The van der Waals surface area contributed by atoms with Crippen molar-refractivity contribution in [2.75, 3.05) is 0 Å². The van der Waals surface area contributed by atoms with Crippen LogP contribution in [-0.4, -0.2) is 27.5 Å². The van der Waals surface area contributed by atoms with Crippen molar-refractivity contribution in [3.8, 4) is 0 Å². The number of amidine groups is 1. The Bertz CT molecular complexity index is 486. The summed E-state index contributed by atoms with van der Waals surface area (Å²) in [6.07, 6.45) is 2.55. The molecule has 1 amide bonds. The van der Waals surface area contributed by atoms with Crippen molar-refractivity contribution in [1.82, 2.24) is 10.3 Å². The van der Waals surface area contributed by atoms with Crippen LogP contribution in [0.4, 0.5) is 0 Å². The van der Waals surface area contributed by atoms with Gasteiger partial charge in [-0.2, -0.15) is 0 Å². The molecule has 104 valence electrons. The summed E-state index contributed by atoms with van der Waals surface area (Å²) in [5.41, 5.74) is 5.08. The van der Waals surface area contributed by atoms with Gasteiger partial charge in [-0.1, -0.05) is 19.0 Å². The van der Waals surface area contributed by atoms with Gasteiger partial charge in [0, 0.05) is 10.7 Å². The number of halogens is 1. The van der Waals surface area contributed by atoms with E-state index in [0.717, 1.165) is 0 Å². The Balaban J connectivity index is 3.05. The number of aromatic nitrogens is 1. The summed E-state index contributed by atoms with van der Waals surface area (Å²) in [6.45, 7) is 3.71. The number of rotatable bonds is 5. The van der Waals surface area contributed by atoms with Crippen molar-refractivity contribution < 1.29 is 10.0 Å². The molecule has 1 aromatic rings. The Morgan fingerprint density at radius 3 is 2.68 bits per heavy atom. The first-order chi connectivity index (χ1) is 9.00. The van der Waals surface area contributed by atoms with Crippen molar-refractivity contribution >= 4 is 27.7 Å². The van der Waals surface area contributed by atoms with Gasteiger partial charge < -0.3 is 16.3 Å². The molecular formula is C12H17BrN4O2. The van der Waals surface area contributed by atoms with Gasteiger partial charge in [0.2, 0.25) is 0 Å². The number of pyridine rings is 1. The van der Waals surface area contributed by atoms with Crippen LogP contribution in [0, 0.1) is 0 Å². The first kappa shape index (κ1) is 15.4. The number of nitrogens with two attached hydrogens (primary N) is 1. The standard InChI is InChI=1S/C12H17BrN4O2/c1-3-12(4-2,11(14)17-19)16-10(18)9-8(13)6-5-7-15-9/h5-7,19H,3-4H2,1-2H3,(H2,14,17)(H,16,18). The molecule has 0 aliphatic heterocycles. The quantitative estimate of drug-likeness (QED) is 0.332. The highest BCUT2D eigenvalue weighted by Crippen LogP contribution is 2.19. The second-order valence-electron chi connectivity index (χ2n) is 4.06. The monoisotopic (exact) mass is 328 g/mol. The summed E-state index contributed by atoms with van der Waals surface area (Å²) >= 11 is 3.27. The first-order valence-electron chi connectivity index (χ1n) is 5.91. The SMILES string of the molecule is CCC(CC)(NC(=O)c1ncccc1Br)/C(N)=N/O. The van der Waals surface area contributed by atoms with E-state index in [4.69, 9.17) is 10.9 Å². The van der Waals surface area contributed by atoms with E-state index in [1.165, 1.54) is 6.20 Å². The number of hydrogen-bond acceptors (Lipinski definition) is 4. The molecule has 6 nitrogen and oxygen atoms in total. The van der Waals surface area contributed by atoms with E-state index in [-0.39, 0.29) is 17.4 Å². The maximum atomic E-state index is 12.2. The van der Waals surface area contributed by atoms with Crippen molar-refractivity contribution in [2.24, 2.45) is 10.9 Å². The summed E-state index contributed by atoms with van der Waals surface area (Å²) in [6, 6.07) is 3.45. The molecular weight excluding hydrogens is 312 g/mol. The van der Waals surface area contributed by atoms with Crippen LogP contribution in [0.1, 0.15) is 37.2 Å². The number of nitrogens with zero attached hydrogens (tertiary/aromatic N) is 2. The van der Waals surface area contributed by atoms with Crippen molar-refractivity contribution in [1.29, 1.82) is 0 Å². The summed E-state index contributed by atoms with van der Waals surface area (Å²) < 4.78 is 0.591. The molecule has 1 heterocycles. The highest BCUT2D eigenvalue weighted by Gasteiger charge is 2.34. The van der Waals surface area contributed by atoms with Gasteiger partial charge in [-0.15, -0.1) is 0 Å². The number of carbonyl (C=O) groups excluding carboxylic acids is 1. The molecule has 19 heavy (non-hydrogen) atoms. The van der Waals surface area contributed by atoms with Gasteiger partial charge in [0.1, 0.15) is 11.2 Å². The fourth-order valence-corrected chi connectivity index (χ4v) is 2.21. The minimum atomic E-state index is -0.872. The third-order valence-electron chi connectivity index (χ3n) is 3.13. The highest BCUT2D eigenvalue weighted by molar-refractivity contribution is 9.10. The molecule has 0 aliphatic carbocycles. The molecule has 0 unspecified atom stereocenters. The lowest BCUT2D eigenvalue weighted by Crippen LogP contribution is -2.57. The second kappa shape index (κ2) is 6.51. The van der Waals surface area contributed by atoms with Crippen LogP contribution in [0.2, 0.25) is 0 Å². The van der Waals surface area contributed by atoms with Crippen molar-refractivity contribution in [2.45, 2.75) is 32.2 Å². The van der Waals surface area contributed by atoms with E-state index in [1.807, 2.05) is 13.8 Å². The zero-order chi connectivity index (χ0) is 14.5. The van der Waals surface area contributed by atoms with Gasteiger partial charge >= 0.3 is 0 Å². The van der Waals surface area contributed by atoms with Gasteiger partial charge in [-0.25, -0.2) is 4.98 Å². The third-order valence-corrected chi connectivity index (χ3v) is 3.77. The topological polar surface area (TPSA) is 101 Å². The molecule has 4 N–H and O–H groups in total. The van der Waals surface area contributed by atoms with Crippen LogP contribution in [-0.2, 0) is 0 Å². The number of oxime groups is 1. The Hall–Kier alpha value is -1.63. The van der Waals surface area contributed by atoms with E-state index in [2.05, 4.69) is 31.4 Å². The normalized spacial score (nSPS) is 12.3. The minimum absolute atomic E-state index is 0.0158. The molecule has 0 aliphatic rings. The summed E-state index contributed by atoms with van der Waals surface area (Å²) in [5.74, 6) is -0.388. The van der Waals surface area contributed by atoms with E-state index < -0.39 is 5.54 Å². The second-order valence-corrected chi connectivity index (χ2v) is 4.92. The minimum Gasteiger partial charge on any atom is -0.409 e. The molecule has 0 radical (unpaired) electrons. The number of amides is 1. The van der Waals surface area contributed by atoms with E-state index >= 15 is 0 Å². The molecule has 1 rings (SSSR count). The lowest BCUT2D eigenvalue weighted by atomic mass is 9.91. The molecule has 0 saturated heterocycles. The first-order valence-corrected chi connectivity index (χ1v) is 6.71. The fourth-order valence-electron chi connectivity index (χ4n) is 1.78. The molecule has 1 aromatic heterocycles. The van der Waals surface area contributed by atoms with Crippen LogP contribution >= 0.6 is 15.9 Å². The van der Waals surface area contributed by atoms with Crippen LogP contribution in [0.25, 0.3) is 0 Å². The van der Waals surface area contributed by atoms with E-state index in [0.29, 0.717) is 17.3 Å². The van der Waals surface area contributed by atoms with Crippen molar-refractivity contribution in [3.63, 3.8) is 0 Å². The van der Waals surface area contributed by atoms with Crippen LogP contribution < -0.4 is 11.1 Å². The highest BCUT2D eigenvalue weighted by atomic mass is 79.9. The van der Waals surface area contributed by atoms with Gasteiger partial charge in [-0.3, -0.25) is 4.79 Å². The fraction of sp³-hybridized carbons (Fsp3) is 0.417. The number of carbonyl (C=O) groups is 1. The zero-order valence-electron chi connectivity index (χ0n) is 10.9. The lowest BCUT2D eigenvalue weighted by molar-refractivity contribution is 0.0912. The number of nitrogens with one attached hydrogen (secondary N) is 1. The molecule has 0 bridgehead atoms. The lowest BCUT2D eigenvalue weighted by Gasteiger charge is -2.31. The molecule has 0 atom stereocenters. The Morgan fingerprint density at radius 1 is 1.58 bits per heavy atom. The summed E-state index contributed by atoms with van der Waals surface area (Å²) in [7, 11) is 0.